The van der Waals surface area contributed by atoms with Crippen LogP contribution in [0.4, 0.5) is 0 Å². The van der Waals surface area contributed by atoms with Crippen LogP contribution in [0.5, 0.6) is 0 Å². The van der Waals surface area contributed by atoms with E-state index in [1.165, 1.54) is 0 Å². The second-order valence-corrected chi connectivity index (χ2v) is 5.36. The number of carbonyl (C=O) groups is 1. The van der Waals surface area contributed by atoms with Gasteiger partial charge in [0, 0.05) is 21.8 Å². The fourth-order valence-electron chi connectivity index (χ4n) is 1.65. The minimum atomic E-state index is -1.18. The summed E-state index contributed by atoms with van der Waals surface area (Å²) in [6.07, 6.45) is 0.487. The predicted molar refractivity (Wildman–Crippen MR) is 72.2 cm³/mol. The van der Waals surface area contributed by atoms with E-state index in [4.69, 9.17) is 0 Å². The normalized spacial score (nSPS) is 12.1. The highest BCUT2D eigenvalue weighted by atomic mass is 32.2. The van der Waals surface area contributed by atoms with Crippen LogP contribution in [-0.2, 0) is 10.8 Å². The molecule has 2 aromatic carbocycles. The van der Waals surface area contributed by atoms with E-state index >= 15 is 0 Å². The van der Waals surface area contributed by atoms with Crippen molar-refractivity contribution in [1.29, 1.82) is 0 Å². The summed E-state index contributed by atoms with van der Waals surface area (Å²) < 4.78 is 12.2. The molecule has 0 aliphatic carbocycles. The Bertz CT molecular complexity index is 559. The first-order valence-electron chi connectivity index (χ1n) is 5.82. The lowest BCUT2D eigenvalue weighted by Crippen LogP contribution is -1.98. The van der Waals surface area contributed by atoms with Crippen molar-refractivity contribution in [3.63, 3.8) is 0 Å². The molecule has 1 unspecified atom stereocenters. The lowest BCUT2D eigenvalue weighted by molar-refractivity contribution is 0.0988. The third-order valence-electron chi connectivity index (χ3n) is 2.67. The van der Waals surface area contributed by atoms with E-state index in [2.05, 4.69) is 0 Å². The SMILES string of the molecule is CCC(=O)c1ccc(S(=O)c2ccccc2)cc1. The second-order valence-electron chi connectivity index (χ2n) is 3.88. The molecule has 2 aromatic rings. The molecule has 0 heterocycles. The van der Waals surface area contributed by atoms with Crippen LogP contribution in [0.3, 0.4) is 0 Å². The van der Waals surface area contributed by atoms with Gasteiger partial charge >= 0.3 is 0 Å². The van der Waals surface area contributed by atoms with E-state index < -0.39 is 10.8 Å². The zero-order chi connectivity index (χ0) is 13.0. The van der Waals surface area contributed by atoms with Crippen molar-refractivity contribution in [1.82, 2.24) is 0 Å². The molecule has 0 aliphatic heterocycles. The lowest BCUT2D eigenvalue weighted by Gasteiger charge is -2.03. The molecular formula is C15H14O2S. The minimum absolute atomic E-state index is 0.104. The Kier molecular flexibility index (Phi) is 4.05. The summed E-state index contributed by atoms with van der Waals surface area (Å²) in [5, 5.41) is 0. The van der Waals surface area contributed by atoms with Crippen LogP contribution in [-0.4, -0.2) is 9.99 Å². The molecule has 1 atom stereocenters. The van der Waals surface area contributed by atoms with Gasteiger partial charge in [0.1, 0.15) is 0 Å². The van der Waals surface area contributed by atoms with Crippen molar-refractivity contribution < 1.29 is 9.00 Å². The van der Waals surface area contributed by atoms with E-state index in [1.807, 2.05) is 37.3 Å². The van der Waals surface area contributed by atoms with Gasteiger partial charge in [-0.2, -0.15) is 0 Å². The highest BCUT2D eigenvalue weighted by Gasteiger charge is 2.08. The molecule has 0 aromatic heterocycles. The maximum Gasteiger partial charge on any atom is 0.162 e. The van der Waals surface area contributed by atoms with Crippen molar-refractivity contribution in [3.8, 4) is 0 Å². The first kappa shape index (κ1) is 12.7. The highest BCUT2D eigenvalue weighted by Crippen LogP contribution is 2.17. The molecule has 0 saturated carbocycles. The number of benzene rings is 2. The first-order chi connectivity index (χ1) is 8.72. The van der Waals surface area contributed by atoms with Gasteiger partial charge in [0.15, 0.2) is 5.78 Å². The number of carbonyl (C=O) groups excluding carboxylic acids is 1. The van der Waals surface area contributed by atoms with Crippen molar-refractivity contribution in [2.45, 2.75) is 23.1 Å². The summed E-state index contributed by atoms with van der Waals surface area (Å²) in [7, 11) is -1.18. The van der Waals surface area contributed by atoms with Crippen LogP contribution in [0.15, 0.2) is 64.4 Å². The largest absolute Gasteiger partial charge is 0.294 e. The zero-order valence-electron chi connectivity index (χ0n) is 10.1. The number of ketones is 1. The Morgan fingerprint density at radius 1 is 0.944 bits per heavy atom. The Hall–Kier alpha value is -1.74. The molecule has 3 heteroatoms. The predicted octanol–water partition coefficient (Wildman–Crippen LogP) is 3.45. The molecule has 0 radical (unpaired) electrons. The van der Waals surface area contributed by atoms with Crippen molar-refractivity contribution in [2.24, 2.45) is 0 Å². The summed E-state index contributed by atoms with van der Waals surface area (Å²) in [4.78, 5) is 13.0. The smallest absolute Gasteiger partial charge is 0.162 e. The summed E-state index contributed by atoms with van der Waals surface area (Å²) >= 11 is 0. The molecule has 92 valence electrons. The van der Waals surface area contributed by atoms with Gasteiger partial charge in [-0.3, -0.25) is 4.79 Å². The summed E-state index contributed by atoms with van der Waals surface area (Å²) in [5.41, 5.74) is 0.673. The minimum Gasteiger partial charge on any atom is -0.294 e. The second kappa shape index (κ2) is 5.74. The number of rotatable bonds is 4. The van der Waals surface area contributed by atoms with Crippen LogP contribution in [0.1, 0.15) is 23.7 Å². The lowest BCUT2D eigenvalue weighted by atomic mass is 10.1. The van der Waals surface area contributed by atoms with E-state index in [9.17, 15) is 9.00 Å². The third kappa shape index (κ3) is 2.74. The highest BCUT2D eigenvalue weighted by molar-refractivity contribution is 7.85. The van der Waals surface area contributed by atoms with Gasteiger partial charge in [0.25, 0.3) is 0 Å². The average molecular weight is 258 g/mol. The van der Waals surface area contributed by atoms with Crippen LogP contribution in [0.2, 0.25) is 0 Å². The summed E-state index contributed by atoms with van der Waals surface area (Å²) in [5.74, 6) is 0.104. The monoisotopic (exact) mass is 258 g/mol. The van der Waals surface area contributed by atoms with Gasteiger partial charge in [0.05, 0.1) is 10.8 Å². The van der Waals surface area contributed by atoms with E-state index in [0.717, 1.165) is 4.90 Å². The molecule has 0 amide bonds. The van der Waals surface area contributed by atoms with Gasteiger partial charge in [-0.25, -0.2) is 4.21 Å². The average Bonchev–Trinajstić information content (AvgIpc) is 2.47. The summed E-state index contributed by atoms with van der Waals surface area (Å²) in [6.45, 7) is 1.83. The Morgan fingerprint density at radius 2 is 1.50 bits per heavy atom. The molecule has 0 fully saturated rings. The van der Waals surface area contributed by atoms with Gasteiger partial charge in [-0.15, -0.1) is 0 Å². The van der Waals surface area contributed by atoms with Gasteiger partial charge in [-0.05, 0) is 24.3 Å². The zero-order valence-corrected chi connectivity index (χ0v) is 10.9. The molecule has 2 rings (SSSR count). The molecule has 0 N–H and O–H groups in total. The van der Waals surface area contributed by atoms with Crippen LogP contribution < -0.4 is 0 Å². The maximum absolute atomic E-state index is 12.2. The fraction of sp³-hybridized carbons (Fsp3) is 0.133. The van der Waals surface area contributed by atoms with Crippen LogP contribution >= 0.6 is 0 Å². The molecule has 0 bridgehead atoms. The van der Waals surface area contributed by atoms with Gasteiger partial charge in [-0.1, -0.05) is 37.3 Å². The Morgan fingerprint density at radius 3 is 2.06 bits per heavy atom. The number of hydrogen-bond donors (Lipinski definition) is 0. The maximum atomic E-state index is 12.2. The third-order valence-corrected chi connectivity index (χ3v) is 4.07. The van der Waals surface area contributed by atoms with Crippen molar-refractivity contribution in [2.75, 3.05) is 0 Å². The Labute approximate surface area is 109 Å². The van der Waals surface area contributed by atoms with Gasteiger partial charge < -0.3 is 0 Å². The molecule has 18 heavy (non-hydrogen) atoms. The quantitative estimate of drug-likeness (QED) is 0.787. The molecule has 0 aliphatic rings. The van der Waals surface area contributed by atoms with E-state index in [0.29, 0.717) is 16.9 Å². The number of hydrogen-bond acceptors (Lipinski definition) is 2. The molecule has 0 saturated heterocycles. The fourth-order valence-corrected chi connectivity index (χ4v) is 2.71. The van der Waals surface area contributed by atoms with Crippen molar-refractivity contribution >= 4 is 16.6 Å². The standard InChI is InChI=1S/C15H14O2S/c1-2-15(16)12-8-10-14(11-9-12)18(17)13-6-4-3-5-7-13/h3-11H,2H2,1H3. The van der Waals surface area contributed by atoms with Crippen LogP contribution in [0, 0.1) is 0 Å². The molecule has 2 nitrogen and oxygen atoms in total. The number of Topliss-reactive ketones (excluding diaryl/α,β-unsaturated/α-hetero) is 1. The van der Waals surface area contributed by atoms with Crippen LogP contribution in [0.25, 0.3) is 0 Å². The van der Waals surface area contributed by atoms with Gasteiger partial charge in [0.2, 0.25) is 0 Å². The first-order valence-corrected chi connectivity index (χ1v) is 6.97. The van der Waals surface area contributed by atoms with Crippen molar-refractivity contribution in [3.05, 3.63) is 60.2 Å². The summed E-state index contributed by atoms with van der Waals surface area (Å²) in [6, 6.07) is 16.3. The molecule has 0 spiro atoms. The molecular weight excluding hydrogens is 244 g/mol. The van der Waals surface area contributed by atoms with E-state index in [1.54, 1.807) is 24.3 Å². The topological polar surface area (TPSA) is 34.1 Å². The van der Waals surface area contributed by atoms with E-state index in [-0.39, 0.29) is 5.78 Å². The Balaban J connectivity index is 2.25.